The number of phenolic OH excluding ortho intramolecular Hbond substituents is 2. The molecule has 1 amide bonds. The Morgan fingerprint density at radius 2 is 1.93 bits per heavy atom. The summed E-state index contributed by atoms with van der Waals surface area (Å²) in [6.07, 6.45) is 0.428. The maximum Gasteiger partial charge on any atom is 0.240 e. The molecule has 0 spiro atoms. The van der Waals surface area contributed by atoms with E-state index < -0.39 is 0 Å². The number of carbonyl (C=O) groups is 1. The maximum atomic E-state index is 11.4. The molecule has 0 saturated heterocycles. The van der Waals surface area contributed by atoms with Crippen LogP contribution >= 0.6 is 0 Å². The van der Waals surface area contributed by atoms with E-state index in [0.717, 1.165) is 17.0 Å². The summed E-state index contributed by atoms with van der Waals surface area (Å²) in [5.74, 6) is 0.0593. The lowest BCUT2D eigenvalue weighted by molar-refractivity contribution is -0.121. The number of phenols is 2. The van der Waals surface area contributed by atoms with Gasteiger partial charge in [-0.1, -0.05) is 19.1 Å². The predicted octanol–water partition coefficient (Wildman–Crippen LogP) is 3.10. The minimum atomic E-state index is -0.0675. The van der Waals surface area contributed by atoms with Crippen LogP contribution < -0.4 is 10.9 Å². The third-order valence-corrected chi connectivity index (χ3v) is 4.58. The number of nitrogens with one attached hydrogen (secondary N) is 2. The number of benzene rings is 2. The minimum Gasteiger partial charge on any atom is -0.508 e. The Morgan fingerprint density at radius 3 is 2.59 bits per heavy atom. The first kappa shape index (κ1) is 18.4. The highest BCUT2D eigenvalue weighted by atomic mass is 16.3. The second-order valence-electron chi connectivity index (χ2n) is 6.63. The van der Waals surface area contributed by atoms with E-state index >= 15 is 0 Å². The van der Waals surface area contributed by atoms with E-state index in [1.54, 1.807) is 19.9 Å². The summed E-state index contributed by atoms with van der Waals surface area (Å²) in [5.41, 5.74) is 9.61. The van der Waals surface area contributed by atoms with Gasteiger partial charge in [0.15, 0.2) is 0 Å². The molecule has 4 N–H and O–H groups in total. The van der Waals surface area contributed by atoms with E-state index in [4.69, 9.17) is 0 Å². The molecule has 0 saturated carbocycles. The molecule has 7 nitrogen and oxygen atoms in total. The average molecular weight is 366 g/mol. The van der Waals surface area contributed by atoms with Gasteiger partial charge in [0.05, 0.1) is 17.1 Å². The number of amides is 1. The molecule has 7 heteroatoms. The van der Waals surface area contributed by atoms with Gasteiger partial charge in [-0.2, -0.15) is 10.2 Å². The maximum absolute atomic E-state index is 11.4. The molecule has 1 aliphatic heterocycles. The van der Waals surface area contributed by atoms with Crippen LogP contribution in [0.5, 0.6) is 11.5 Å². The Morgan fingerprint density at radius 1 is 1.22 bits per heavy atom. The van der Waals surface area contributed by atoms with E-state index in [0.29, 0.717) is 23.3 Å². The van der Waals surface area contributed by atoms with Gasteiger partial charge in [-0.05, 0) is 43.7 Å². The van der Waals surface area contributed by atoms with E-state index in [2.05, 4.69) is 21.1 Å². The van der Waals surface area contributed by atoms with Gasteiger partial charge in [-0.3, -0.25) is 10.2 Å². The zero-order valence-corrected chi connectivity index (χ0v) is 15.4. The summed E-state index contributed by atoms with van der Waals surface area (Å²) >= 11 is 0. The van der Waals surface area contributed by atoms with Crippen molar-refractivity contribution in [2.45, 2.75) is 27.2 Å². The van der Waals surface area contributed by atoms with Crippen LogP contribution in [0.4, 0.5) is 5.69 Å². The normalized spacial score (nSPS) is 17.3. The van der Waals surface area contributed by atoms with Crippen LogP contribution in [0.2, 0.25) is 0 Å². The van der Waals surface area contributed by atoms with Crippen LogP contribution in [0.1, 0.15) is 37.0 Å². The minimum absolute atomic E-state index is 0.0137. The summed E-state index contributed by atoms with van der Waals surface area (Å²) < 4.78 is 0. The van der Waals surface area contributed by atoms with E-state index in [1.807, 2.05) is 31.2 Å². The Kier molecular flexibility index (Phi) is 5.12. The highest BCUT2D eigenvalue weighted by Crippen LogP contribution is 2.29. The van der Waals surface area contributed by atoms with Crippen LogP contribution in [0.3, 0.4) is 0 Å². The largest absolute Gasteiger partial charge is 0.508 e. The van der Waals surface area contributed by atoms with Crippen molar-refractivity contribution in [2.75, 3.05) is 5.43 Å². The number of nitrogens with zero attached hydrogens (tertiary/aromatic N) is 2. The van der Waals surface area contributed by atoms with Gasteiger partial charge < -0.3 is 10.2 Å². The molecule has 0 bridgehead atoms. The molecule has 1 aliphatic rings. The standard InChI is InChI=1S/C20H22N4O3/c1-11-10-18(26)23-24-19(11)14-4-6-15(7-5-14)22-21-13(3)16-8-9-17(25)12(2)20(16)27/h4-9,11,22,25,27H,10H2,1-3H3,(H,23,26). The smallest absolute Gasteiger partial charge is 0.240 e. The summed E-state index contributed by atoms with van der Waals surface area (Å²) in [6, 6.07) is 10.7. The highest BCUT2D eigenvalue weighted by molar-refractivity contribution is 6.06. The zero-order valence-electron chi connectivity index (χ0n) is 15.4. The van der Waals surface area contributed by atoms with Crippen LogP contribution in [-0.2, 0) is 4.79 Å². The lowest BCUT2D eigenvalue weighted by Crippen LogP contribution is -2.31. The molecule has 0 fully saturated rings. The van der Waals surface area contributed by atoms with Crippen molar-refractivity contribution in [3.63, 3.8) is 0 Å². The van der Waals surface area contributed by atoms with E-state index in [-0.39, 0.29) is 23.3 Å². The fourth-order valence-electron chi connectivity index (χ4n) is 2.91. The summed E-state index contributed by atoms with van der Waals surface area (Å²) in [7, 11) is 0. The van der Waals surface area contributed by atoms with Gasteiger partial charge in [-0.25, -0.2) is 5.43 Å². The van der Waals surface area contributed by atoms with Crippen molar-refractivity contribution in [1.29, 1.82) is 0 Å². The molecule has 0 aliphatic carbocycles. The number of carbonyl (C=O) groups excluding carboxylic acids is 1. The molecule has 0 radical (unpaired) electrons. The van der Waals surface area contributed by atoms with E-state index in [9.17, 15) is 15.0 Å². The number of hydrogen-bond acceptors (Lipinski definition) is 6. The molecule has 0 aromatic heterocycles. The second-order valence-corrected chi connectivity index (χ2v) is 6.63. The molecule has 2 aromatic carbocycles. The molecule has 3 rings (SSSR count). The Hall–Kier alpha value is -3.35. The van der Waals surface area contributed by atoms with Gasteiger partial charge in [0, 0.05) is 23.5 Å². The van der Waals surface area contributed by atoms with E-state index in [1.165, 1.54) is 6.07 Å². The second kappa shape index (κ2) is 7.49. The number of hydrogen-bond donors (Lipinski definition) is 4. The van der Waals surface area contributed by atoms with Crippen molar-refractivity contribution in [2.24, 2.45) is 16.1 Å². The zero-order chi connectivity index (χ0) is 19.6. The van der Waals surface area contributed by atoms with Crippen LogP contribution in [0.25, 0.3) is 0 Å². The van der Waals surface area contributed by atoms with Crippen molar-refractivity contribution < 1.29 is 15.0 Å². The monoisotopic (exact) mass is 366 g/mol. The molecular formula is C20H22N4O3. The van der Waals surface area contributed by atoms with Crippen LogP contribution in [-0.4, -0.2) is 27.5 Å². The molecule has 140 valence electrons. The topological polar surface area (TPSA) is 106 Å². The van der Waals surface area contributed by atoms with Gasteiger partial charge in [0.2, 0.25) is 5.91 Å². The lowest BCUT2D eigenvalue weighted by Gasteiger charge is -2.19. The number of hydrazone groups is 2. The Balaban J connectivity index is 1.74. The SMILES string of the molecule is CC(=NNc1ccc(C2=NNC(=O)CC2C)cc1)c1ccc(O)c(C)c1O. The quantitative estimate of drug-likeness (QED) is 0.493. The van der Waals surface area contributed by atoms with Crippen molar-refractivity contribution in [3.8, 4) is 11.5 Å². The number of anilines is 1. The first-order chi connectivity index (χ1) is 12.9. The Labute approximate surface area is 157 Å². The van der Waals surface area contributed by atoms with Gasteiger partial charge in [-0.15, -0.1) is 0 Å². The Bertz CT molecular complexity index is 933. The van der Waals surface area contributed by atoms with Gasteiger partial charge >= 0.3 is 0 Å². The third-order valence-electron chi connectivity index (χ3n) is 4.58. The first-order valence-electron chi connectivity index (χ1n) is 8.66. The average Bonchev–Trinajstić information content (AvgIpc) is 2.65. The first-order valence-corrected chi connectivity index (χ1v) is 8.66. The van der Waals surface area contributed by atoms with Crippen molar-refractivity contribution in [1.82, 2.24) is 5.43 Å². The summed E-state index contributed by atoms with van der Waals surface area (Å²) in [6.45, 7) is 5.39. The molecule has 1 heterocycles. The predicted molar refractivity (Wildman–Crippen MR) is 105 cm³/mol. The van der Waals surface area contributed by atoms with Crippen LogP contribution in [0.15, 0.2) is 46.6 Å². The lowest BCUT2D eigenvalue weighted by atomic mass is 9.94. The summed E-state index contributed by atoms with van der Waals surface area (Å²) in [4.78, 5) is 11.4. The van der Waals surface area contributed by atoms with Crippen molar-refractivity contribution >= 4 is 23.0 Å². The highest BCUT2D eigenvalue weighted by Gasteiger charge is 2.21. The van der Waals surface area contributed by atoms with Gasteiger partial charge in [0.1, 0.15) is 11.5 Å². The number of rotatable bonds is 4. The third kappa shape index (κ3) is 3.92. The fourth-order valence-corrected chi connectivity index (χ4v) is 2.91. The van der Waals surface area contributed by atoms with Crippen molar-refractivity contribution in [3.05, 3.63) is 53.1 Å². The summed E-state index contributed by atoms with van der Waals surface area (Å²) in [5, 5.41) is 28.2. The molecule has 1 unspecified atom stereocenters. The fraction of sp³-hybridized carbons (Fsp3) is 0.250. The van der Waals surface area contributed by atoms with Gasteiger partial charge in [0.25, 0.3) is 0 Å². The molecule has 2 aromatic rings. The van der Waals surface area contributed by atoms with Crippen LogP contribution in [0, 0.1) is 12.8 Å². The molecule has 1 atom stereocenters. The molecule has 27 heavy (non-hydrogen) atoms. The molecular weight excluding hydrogens is 344 g/mol. The number of aromatic hydroxyl groups is 2.